The molecule has 108 valence electrons. The molecular weight excluding hydrogens is 250 g/mol. The quantitative estimate of drug-likeness (QED) is 0.807. The average Bonchev–Trinajstić information content (AvgIpc) is 2.85. The maximum atomic E-state index is 5.72. The van der Waals surface area contributed by atoms with Crippen LogP contribution >= 0.6 is 0 Å². The maximum Gasteiger partial charge on any atom is 0.247 e. The molecule has 1 aromatic carbocycles. The molecule has 0 unspecified atom stereocenters. The van der Waals surface area contributed by atoms with Crippen molar-refractivity contribution in [2.24, 2.45) is 5.92 Å². The lowest BCUT2D eigenvalue weighted by molar-refractivity contribution is 0.273. The predicted molar refractivity (Wildman–Crippen MR) is 80.3 cm³/mol. The van der Waals surface area contributed by atoms with Crippen molar-refractivity contribution >= 4 is 0 Å². The minimum absolute atomic E-state index is 0.595. The van der Waals surface area contributed by atoms with Gasteiger partial charge in [-0.1, -0.05) is 31.5 Å². The minimum Gasteiger partial charge on any atom is -0.419 e. The molecule has 0 aliphatic heterocycles. The molecule has 0 amide bonds. The van der Waals surface area contributed by atoms with Crippen LogP contribution in [0.15, 0.2) is 28.7 Å². The highest BCUT2D eigenvalue weighted by atomic mass is 16.4. The molecule has 0 bridgehead atoms. The highest BCUT2D eigenvalue weighted by Gasteiger charge is 2.10. The fourth-order valence-electron chi connectivity index (χ4n) is 1.92. The van der Waals surface area contributed by atoms with Crippen LogP contribution in [-0.4, -0.2) is 28.7 Å². The zero-order valence-corrected chi connectivity index (χ0v) is 12.8. The Bertz CT molecular complexity index is 531. The molecule has 1 heterocycles. The van der Waals surface area contributed by atoms with Gasteiger partial charge in [-0.2, -0.15) is 0 Å². The van der Waals surface area contributed by atoms with E-state index in [-0.39, 0.29) is 0 Å². The van der Waals surface area contributed by atoms with Crippen molar-refractivity contribution in [3.05, 3.63) is 35.7 Å². The summed E-state index contributed by atoms with van der Waals surface area (Å²) in [5.41, 5.74) is 2.20. The van der Waals surface area contributed by atoms with Crippen molar-refractivity contribution < 1.29 is 4.42 Å². The van der Waals surface area contributed by atoms with E-state index in [1.54, 1.807) is 0 Å². The summed E-state index contributed by atoms with van der Waals surface area (Å²) in [4.78, 5) is 2.21. The predicted octanol–water partition coefficient (Wildman–Crippen LogP) is 3.52. The molecule has 1 aromatic heterocycles. The zero-order chi connectivity index (χ0) is 14.5. The van der Waals surface area contributed by atoms with Crippen molar-refractivity contribution in [1.82, 2.24) is 15.1 Å². The first-order valence-corrected chi connectivity index (χ1v) is 7.12. The monoisotopic (exact) mass is 273 g/mol. The van der Waals surface area contributed by atoms with Gasteiger partial charge in [-0.05, 0) is 45.0 Å². The van der Waals surface area contributed by atoms with Gasteiger partial charge in [0.2, 0.25) is 11.8 Å². The summed E-state index contributed by atoms with van der Waals surface area (Å²) in [6.45, 7) is 8.27. The van der Waals surface area contributed by atoms with Gasteiger partial charge < -0.3 is 4.42 Å². The van der Waals surface area contributed by atoms with Crippen molar-refractivity contribution in [3.63, 3.8) is 0 Å². The van der Waals surface area contributed by atoms with Gasteiger partial charge >= 0.3 is 0 Å². The lowest BCUT2D eigenvalue weighted by Crippen LogP contribution is -2.20. The van der Waals surface area contributed by atoms with E-state index in [1.807, 2.05) is 24.3 Å². The average molecular weight is 273 g/mol. The summed E-state index contributed by atoms with van der Waals surface area (Å²) in [6, 6.07) is 8.12. The van der Waals surface area contributed by atoms with Crippen LogP contribution in [0.3, 0.4) is 0 Å². The number of hydrogen-bond donors (Lipinski definition) is 0. The zero-order valence-electron chi connectivity index (χ0n) is 12.8. The second-order valence-corrected chi connectivity index (χ2v) is 5.79. The first-order valence-electron chi connectivity index (χ1n) is 7.12. The number of rotatable bonds is 6. The molecule has 4 nitrogen and oxygen atoms in total. The lowest BCUT2D eigenvalue weighted by Gasteiger charge is -2.15. The van der Waals surface area contributed by atoms with Crippen LogP contribution in [0.4, 0.5) is 0 Å². The van der Waals surface area contributed by atoms with E-state index in [0.717, 1.165) is 12.1 Å². The number of aromatic nitrogens is 2. The van der Waals surface area contributed by atoms with Gasteiger partial charge in [0.05, 0.1) is 6.54 Å². The summed E-state index contributed by atoms with van der Waals surface area (Å²) in [7, 11) is 2.08. The largest absolute Gasteiger partial charge is 0.419 e. The SMILES string of the molecule is Cc1ccc(-c2nnc(CN(C)CCC(C)C)o2)cc1. The summed E-state index contributed by atoms with van der Waals surface area (Å²) in [5.74, 6) is 1.98. The van der Waals surface area contributed by atoms with Crippen LogP contribution in [0.1, 0.15) is 31.7 Å². The second kappa shape index (κ2) is 6.66. The molecule has 0 saturated heterocycles. The number of benzene rings is 1. The van der Waals surface area contributed by atoms with E-state index in [9.17, 15) is 0 Å². The fourth-order valence-corrected chi connectivity index (χ4v) is 1.92. The summed E-state index contributed by atoms with van der Waals surface area (Å²) in [5, 5.41) is 8.24. The maximum absolute atomic E-state index is 5.72. The Labute approximate surface area is 120 Å². The van der Waals surface area contributed by atoms with E-state index in [0.29, 0.717) is 24.2 Å². The molecule has 20 heavy (non-hydrogen) atoms. The molecule has 0 aliphatic carbocycles. The second-order valence-electron chi connectivity index (χ2n) is 5.79. The number of aryl methyl sites for hydroxylation is 1. The highest BCUT2D eigenvalue weighted by Crippen LogP contribution is 2.18. The number of nitrogens with zero attached hydrogens (tertiary/aromatic N) is 3. The Balaban J connectivity index is 1.96. The van der Waals surface area contributed by atoms with E-state index in [4.69, 9.17) is 4.42 Å². The summed E-state index contributed by atoms with van der Waals surface area (Å²) >= 11 is 0. The van der Waals surface area contributed by atoms with Gasteiger partial charge in [0.15, 0.2) is 0 Å². The molecule has 2 aromatic rings. The Morgan fingerprint density at radius 1 is 1.15 bits per heavy atom. The smallest absolute Gasteiger partial charge is 0.247 e. The topological polar surface area (TPSA) is 42.2 Å². The van der Waals surface area contributed by atoms with Gasteiger partial charge in [-0.15, -0.1) is 10.2 Å². The summed E-state index contributed by atoms with van der Waals surface area (Å²) < 4.78 is 5.72. The van der Waals surface area contributed by atoms with Gasteiger partial charge in [0.25, 0.3) is 0 Å². The molecule has 4 heteroatoms. The van der Waals surface area contributed by atoms with Crippen LogP contribution in [0, 0.1) is 12.8 Å². The van der Waals surface area contributed by atoms with E-state index in [1.165, 1.54) is 12.0 Å². The van der Waals surface area contributed by atoms with Gasteiger partial charge in [-0.25, -0.2) is 0 Å². The molecular formula is C16H23N3O. The third-order valence-corrected chi connectivity index (χ3v) is 3.26. The van der Waals surface area contributed by atoms with Crippen LogP contribution in [-0.2, 0) is 6.54 Å². The van der Waals surface area contributed by atoms with E-state index in [2.05, 4.69) is 42.9 Å². The van der Waals surface area contributed by atoms with Gasteiger partial charge in [-0.3, -0.25) is 4.90 Å². The molecule has 0 radical (unpaired) electrons. The summed E-state index contributed by atoms with van der Waals surface area (Å²) in [6.07, 6.45) is 1.18. The van der Waals surface area contributed by atoms with E-state index < -0.39 is 0 Å². The first-order chi connectivity index (χ1) is 9.54. The minimum atomic E-state index is 0.595. The number of hydrogen-bond acceptors (Lipinski definition) is 4. The van der Waals surface area contributed by atoms with Crippen molar-refractivity contribution in [3.8, 4) is 11.5 Å². The first kappa shape index (κ1) is 14.7. The van der Waals surface area contributed by atoms with Crippen LogP contribution < -0.4 is 0 Å². The normalized spacial score (nSPS) is 11.5. The molecule has 0 N–H and O–H groups in total. The van der Waals surface area contributed by atoms with Crippen LogP contribution in [0.2, 0.25) is 0 Å². The fraction of sp³-hybridized carbons (Fsp3) is 0.500. The molecule has 2 rings (SSSR count). The molecule has 0 aliphatic rings. The Morgan fingerprint density at radius 2 is 1.85 bits per heavy atom. The molecule has 0 fully saturated rings. The Morgan fingerprint density at radius 3 is 2.50 bits per heavy atom. The van der Waals surface area contributed by atoms with Crippen LogP contribution in [0.5, 0.6) is 0 Å². The van der Waals surface area contributed by atoms with Crippen molar-refractivity contribution in [1.29, 1.82) is 0 Å². The Kier molecular flexibility index (Phi) is 4.90. The molecule has 0 saturated carbocycles. The standard InChI is InChI=1S/C16H23N3O/c1-12(2)9-10-19(4)11-15-17-18-16(20-15)14-7-5-13(3)6-8-14/h5-8,12H,9-11H2,1-4H3. The van der Waals surface area contributed by atoms with Gasteiger partial charge in [0.1, 0.15) is 0 Å². The highest BCUT2D eigenvalue weighted by molar-refractivity contribution is 5.52. The van der Waals surface area contributed by atoms with Crippen LogP contribution in [0.25, 0.3) is 11.5 Å². The van der Waals surface area contributed by atoms with Crippen molar-refractivity contribution in [2.45, 2.75) is 33.7 Å². The molecule has 0 atom stereocenters. The van der Waals surface area contributed by atoms with E-state index >= 15 is 0 Å². The molecule has 0 spiro atoms. The lowest BCUT2D eigenvalue weighted by atomic mass is 10.1. The third kappa shape index (κ3) is 4.17. The Hall–Kier alpha value is -1.68. The van der Waals surface area contributed by atoms with Crippen molar-refractivity contribution in [2.75, 3.05) is 13.6 Å². The third-order valence-electron chi connectivity index (χ3n) is 3.26. The van der Waals surface area contributed by atoms with Gasteiger partial charge in [0, 0.05) is 5.56 Å².